The standard InChI is InChI=1S/C21H24N2O4/c22-19(26)21(11-12-21)20(27)23(17(13-24)15-7-3-1-4-8-15)18(14-25)16-9-5-2-6-10-16/h1-10,17-18,24-25H,11-14H2,(H2,22,26)/t17-,18-/m0/s1. The second-order valence-electron chi connectivity index (χ2n) is 6.88. The van der Waals surface area contributed by atoms with Gasteiger partial charge in [-0.2, -0.15) is 0 Å². The van der Waals surface area contributed by atoms with Crippen molar-refractivity contribution in [2.75, 3.05) is 13.2 Å². The number of benzene rings is 2. The number of carbonyl (C=O) groups is 2. The number of carbonyl (C=O) groups excluding carboxylic acids is 2. The minimum absolute atomic E-state index is 0.339. The molecule has 4 N–H and O–H groups in total. The van der Waals surface area contributed by atoms with E-state index in [1.54, 1.807) is 0 Å². The van der Waals surface area contributed by atoms with Crippen molar-refractivity contribution in [3.63, 3.8) is 0 Å². The van der Waals surface area contributed by atoms with Crippen molar-refractivity contribution in [2.45, 2.75) is 24.9 Å². The molecule has 0 unspecified atom stereocenters. The first kappa shape index (κ1) is 19.1. The highest BCUT2D eigenvalue weighted by atomic mass is 16.3. The van der Waals surface area contributed by atoms with Gasteiger partial charge < -0.3 is 20.8 Å². The Morgan fingerprint density at radius 1 is 0.889 bits per heavy atom. The number of rotatable bonds is 8. The molecule has 2 amide bonds. The highest BCUT2D eigenvalue weighted by Gasteiger charge is 2.58. The van der Waals surface area contributed by atoms with Gasteiger partial charge in [-0.15, -0.1) is 0 Å². The van der Waals surface area contributed by atoms with Gasteiger partial charge in [-0.3, -0.25) is 9.59 Å². The summed E-state index contributed by atoms with van der Waals surface area (Å²) in [6.45, 7) is -0.679. The highest BCUT2D eigenvalue weighted by Crippen LogP contribution is 2.49. The fourth-order valence-electron chi connectivity index (χ4n) is 3.50. The minimum atomic E-state index is -1.25. The summed E-state index contributed by atoms with van der Waals surface area (Å²) in [4.78, 5) is 26.8. The van der Waals surface area contributed by atoms with Gasteiger partial charge in [0.25, 0.3) is 0 Å². The van der Waals surface area contributed by atoms with E-state index in [2.05, 4.69) is 0 Å². The molecule has 6 nitrogen and oxygen atoms in total. The summed E-state index contributed by atoms with van der Waals surface area (Å²) in [5.74, 6) is -1.10. The first-order valence-corrected chi connectivity index (χ1v) is 8.99. The first-order valence-electron chi connectivity index (χ1n) is 8.99. The molecule has 0 radical (unpaired) electrons. The largest absolute Gasteiger partial charge is 0.394 e. The predicted octanol–water partition coefficient (Wildman–Crippen LogP) is 1.55. The van der Waals surface area contributed by atoms with Crippen LogP contribution in [0.3, 0.4) is 0 Å². The number of nitrogens with two attached hydrogens (primary N) is 1. The van der Waals surface area contributed by atoms with Crippen LogP contribution in [0.15, 0.2) is 60.7 Å². The number of primary amides is 1. The molecule has 1 aliphatic rings. The zero-order valence-corrected chi connectivity index (χ0v) is 15.0. The average molecular weight is 368 g/mol. The summed E-state index contributed by atoms with van der Waals surface area (Å²) >= 11 is 0. The van der Waals surface area contributed by atoms with E-state index in [0.717, 1.165) is 11.1 Å². The first-order chi connectivity index (χ1) is 13.0. The van der Waals surface area contributed by atoms with E-state index in [0.29, 0.717) is 12.8 Å². The van der Waals surface area contributed by atoms with Gasteiger partial charge in [0, 0.05) is 0 Å². The number of aliphatic hydroxyl groups is 2. The quantitative estimate of drug-likeness (QED) is 0.615. The third-order valence-electron chi connectivity index (χ3n) is 5.25. The average Bonchev–Trinajstić information content (AvgIpc) is 3.51. The zero-order valence-electron chi connectivity index (χ0n) is 15.0. The smallest absolute Gasteiger partial charge is 0.239 e. The van der Waals surface area contributed by atoms with Crippen LogP contribution >= 0.6 is 0 Å². The Morgan fingerprint density at radius 2 is 1.30 bits per heavy atom. The molecule has 1 aliphatic carbocycles. The SMILES string of the molecule is NC(=O)C1(C(=O)N([C@@H](CO)c2ccccc2)[C@@H](CO)c2ccccc2)CC1. The van der Waals surface area contributed by atoms with Crippen molar-refractivity contribution in [1.29, 1.82) is 0 Å². The lowest BCUT2D eigenvalue weighted by atomic mass is 9.95. The van der Waals surface area contributed by atoms with Crippen molar-refractivity contribution >= 4 is 11.8 Å². The monoisotopic (exact) mass is 368 g/mol. The number of nitrogens with zero attached hydrogens (tertiary/aromatic N) is 1. The van der Waals surface area contributed by atoms with Crippen molar-refractivity contribution in [3.8, 4) is 0 Å². The number of amides is 2. The molecular formula is C21H24N2O4. The van der Waals surface area contributed by atoms with Crippen molar-refractivity contribution in [2.24, 2.45) is 11.1 Å². The topological polar surface area (TPSA) is 104 Å². The normalized spacial score (nSPS) is 17.0. The molecule has 2 aromatic carbocycles. The summed E-state index contributed by atoms with van der Waals surface area (Å²) in [5.41, 5.74) is 5.72. The van der Waals surface area contributed by atoms with Crippen molar-refractivity contribution in [3.05, 3.63) is 71.8 Å². The van der Waals surface area contributed by atoms with Gasteiger partial charge in [0.05, 0.1) is 25.3 Å². The summed E-state index contributed by atoms with van der Waals surface area (Å²) in [7, 11) is 0. The van der Waals surface area contributed by atoms with Gasteiger partial charge in [-0.05, 0) is 24.0 Å². The maximum Gasteiger partial charge on any atom is 0.239 e. The molecule has 0 saturated heterocycles. The van der Waals surface area contributed by atoms with Gasteiger partial charge >= 0.3 is 0 Å². The molecule has 0 bridgehead atoms. The molecule has 0 spiro atoms. The number of aliphatic hydroxyl groups excluding tert-OH is 2. The van der Waals surface area contributed by atoms with Gasteiger partial charge in [-0.1, -0.05) is 60.7 Å². The molecule has 0 heterocycles. The van der Waals surface area contributed by atoms with Gasteiger partial charge in [0.15, 0.2) is 0 Å². The summed E-state index contributed by atoms with van der Waals surface area (Å²) in [6.07, 6.45) is 0.773. The molecule has 27 heavy (non-hydrogen) atoms. The molecule has 1 saturated carbocycles. The maximum absolute atomic E-state index is 13.4. The lowest BCUT2D eigenvalue weighted by Gasteiger charge is -2.39. The molecule has 0 aromatic heterocycles. The Morgan fingerprint density at radius 3 is 1.59 bits per heavy atom. The molecule has 142 valence electrons. The van der Waals surface area contributed by atoms with Gasteiger partial charge in [0.2, 0.25) is 11.8 Å². The van der Waals surface area contributed by atoms with Crippen LogP contribution in [0.1, 0.15) is 36.1 Å². The molecular weight excluding hydrogens is 344 g/mol. The van der Waals surface area contributed by atoms with Crippen LogP contribution in [0.25, 0.3) is 0 Å². The van der Waals surface area contributed by atoms with Crippen molar-refractivity contribution in [1.82, 2.24) is 4.90 Å². The van der Waals surface area contributed by atoms with Gasteiger partial charge in [-0.25, -0.2) is 0 Å². The summed E-state index contributed by atoms with van der Waals surface area (Å²) in [6, 6.07) is 16.8. The van der Waals surface area contributed by atoms with E-state index < -0.39 is 29.3 Å². The molecule has 2 atom stereocenters. The Labute approximate surface area is 158 Å². The lowest BCUT2D eigenvalue weighted by Crippen LogP contribution is -2.48. The van der Waals surface area contributed by atoms with Crippen LogP contribution in [0.5, 0.6) is 0 Å². The Hall–Kier alpha value is -2.70. The number of hydrogen-bond donors (Lipinski definition) is 3. The lowest BCUT2D eigenvalue weighted by molar-refractivity contribution is -0.149. The Balaban J connectivity index is 2.08. The van der Waals surface area contributed by atoms with Crippen LogP contribution in [-0.2, 0) is 9.59 Å². The molecule has 1 fully saturated rings. The van der Waals surface area contributed by atoms with E-state index in [1.807, 2.05) is 60.7 Å². The fraction of sp³-hybridized carbons (Fsp3) is 0.333. The van der Waals surface area contributed by atoms with E-state index in [-0.39, 0.29) is 13.2 Å². The highest BCUT2D eigenvalue weighted by molar-refractivity contribution is 6.07. The fourth-order valence-corrected chi connectivity index (χ4v) is 3.50. The number of hydrogen-bond acceptors (Lipinski definition) is 4. The van der Waals surface area contributed by atoms with E-state index in [9.17, 15) is 19.8 Å². The molecule has 2 aromatic rings. The molecule has 3 rings (SSSR count). The van der Waals surface area contributed by atoms with Crippen LogP contribution in [0.2, 0.25) is 0 Å². The third-order valence-corrected chi connectivity index (χ3v) is 5.25. The second kappa shape index (κ2) is 7.90. The second-order valence-corrected chi connectivity index (χ2v) is 6.88. The van der Waals surface area contributed by atoms with E-state index in [1.165, 1.54) is 4.90 Å². The van der Waals surface area contributed by atoms with Crippen molar-refractivity contribution < 1.29 is 19.8 Å². The Kier molecular flexibility index (Phi) is 5.58. The van der Waals surface area contributed by atoms with Crippen LogP contribution in [0.4, 0.5) is 0 Å². The van der Waals surface area contributed by atoms with E-state index in [4.69, 9.17) is 5.73 Å². The molecule has 6 heteroatoms. The van der Waals surface area contributed by atoms with Crippen LogP contribution < -0.4 is 5.73 Å². The Bertz CT molecular complexity index is 743. The predicted molar refractivity (Wildman–Crippen MR) is 100 cm³/mol. The van der Waals surface area contributed by atoms with Crippen LogP contribution in [0, 0.1) is 5.41 Å². The zero-order chi connectivity index (χ0) is 19.4. The maximum atomic E-state index is 13.4. The van der Waals surface area contributed by atoms with E-state index >= 15 is 0 Å². The minimum Gasteiger partial charge on any atom is -0.394 e. The summed E-state index contributed by atoms with van der Waals surface area (Å²) in [5, 5.41) is 20.2. The summed E-state index contributed by atoms with van der Waals surface area (Å²) < 4.78 is 0. The van der Waals surface area contributed by atoms with Crippen LogP contribution in [-0.4, -0.2) is 40.1 Å². The van der Waals surface area contributed by atoms with Gasteiger partial charge in [0.1, 0.15) is 5.41 Å². The molecule has 0 aliphatic heterocycles. The third kappa shape index (κ3) is 3.59.